The zero-order chi connectivity index (χ0) is 24.1. The average molecular weight is 485 g/mol. The van der Waals surface area contributed by atoms with Crippen molar-refractivity contribution in [2.24, 2.45) is 0 Å². The molecule has 1 unspecified atom stereocenters. The minimum Gasteiger partial charge on any atom is -0.493 e. The van der Waals surface area contributed by atoms with E-state index in [4.69, 9.17) is 18.9 Å². The summed E-state index contributed by atoms with van der Waals surface area (Å²) < 4.78 is 22.1. The van der Waals surface area contributed by atoms with Crippen molar-refractivity contribution >= 4 is 34.9 Å². The Bertz CT molecular complexity index is 1130. The van der Waals surface area contributed by atoms with E-state index in [1.165, 1.54) is 7.11 Å². The molecule has 2 aromatic carbocycles. The Hall–Kier alpha value is -3.66. The SMILES string of the molecule is CCOc1ccc(/C=C2/SC(=O)N(CCNC(=O)C3COc4ccccc4O3)C2=O)cc1OC. The van der Waals surface area contributed by atoms with Crippen molar-refractivity contribution < 1.29 is 33.3 Å². The molecule has 0 radical (unpaired) electrons. The summed E-state index contributed by atoms with van der Waals surface area (Å²) in [6.07, 6.45) is 0.825. The van der Waals surface area contributed by atoms with Crippen molar-refractivity contribution in [3.63, 3.8) is 0 Å². The number of rotatable bonds is 8. The molecule has 178 valence electrons. The Balaban J connectivity index is 1.33. The van der Waals surface area contributed by atoms with Crippen molar-refractivity contribution in [1.29, 1.82) is 0 Å². The quantitative estimate of drug-likeness (QED) is 0.570. The van der Waals surface area contributed by atoms with Crippen molar-refractivity contribution in [1.82, 2.24) is 10.2 Å². The Kier molecular flexibility index (Phi) is 7.27. The highest BCUT2D eigenvalue weighted by atomic mass is 32.2. The molecule has 1 N–H and O–H groups in total. The lowest BCUT2D eigenvalue weighted by Crippen LogP contribution is -2.46. The van der Waals surface area contributed by atoms with Crippen molar-refractivity contribution in [3.05, 3.63) is 52.9 Å². The molecule has 1 fully saturated rings. The van der Waals surface area contributed by atoms with Crippen LogP contribution in [0.1, 0.15) is 12.5 Å². The standard InChI is InChI=1S/C24H24N2O7S/c1-3-31-17-9-8-15(12-19(17)30-2)13-21-23(28)26(24(29)34-21)11-10-25-22(27)20-14-32-16-6-4-5-7-18(16)33-20/h4-9,12-13,20H,3,10-11,14H2,1-2H3,(H,25,27)/b21-13+. The maximum Gasteiger partial charge on any atom is 0.293 e. The number of ether oxygens (including phenoxy) is 4. The summed E-state index contributed by atoms with van der Waals surface area (Å²) in [4.78, 5) is 39.0. The number of carbonyl (C=O) groups excluding carboxylic acids is 3. The number of imide groups is 1. The lowest BCUT2D eigenvalue weighted by molar-refractivity contribution is -0.131. The van der Waals surface area contributed by atoms with Gasteiger partial charge in [-0.3, -0.25) is 19.3 Å². The highest BCUT2D eigenvalue weighted by molar-refractivity contribution is 8.18. The summed E-state index contributed by atoms with van der Waals surface area (Å²) in [6, 6.07) is 12.4. The predicted octanol–water partition coefficient (Wildman–Crippen LogP) is 3.09. The zero-order valence-electron chi connectivity index (χ0n) is 18.7. The van der Waals surface area contributed by atoms with Crippen molar-refractivity contribution in [2.75, 3.05) is 33.4 Å². The lowest BCUT2D eigenvalue weighted by atomic mass is 10.2. The van der Waals surface area contributed by atoms with Gasteiger partial charge in [-0.05, 0) is 54.6 Å². The van der Waals surface area contributed by atoms with Gasteiger partial charge < -0.3 is 24.3 Å². The van der Waals surface area contributed by atoms with Gasteiger partial charge in [0, 0.05) is 13.1 Å². The minimum absolute atomic E-state index is 0.0461. The van der Waals surface area contributed by atoms with Gasteiger partial charge in [0.1, 0.15) is 6.61 Å². The van der Waals surface area contributed by atoms with E-state index < -0.39 is 17.3 Å². The summed E-state index contributed by atoms with van der Waals surface area (Å²) in [5, 5.41) is 2.31. The molecule has 0 saturated carbocycles. The van der Waals surface area contributed by atoms with Gasteiger partial charge in [-0.15, -0.1) is 0 Å². The maximum atomic E-state index is 12.8. The van der Waals surface area contributed by atoms with E-state index in [0.717, 1.165) is 16.7 Å². The molecule has 2 aliphatic heterocycles. The predicted molar refractivity (Wildman–Crippen MR) is 126 cm³/mol. The number of hydrogen-bond acceptors (Lipinski definition) is 8. The highest BCUT2D eigenvalue weighted by Crippen LogP contribution is 2.34. The molecule has 2 aromatic rings. The molecule has 0 aromatic heterocycles. The number of methoxy groups -OCH3 is 1. The molecule has 2 aliphatic rings. The largest absolute Gasteiger partial charge is 0.493 e. The Morgan fingerprint density at radius 3 is 2.76 bits per heavy atom. The summed E-state index contributed by atoms with van der Waals surface area (Å²) in [7, 11) is 1.53. The third-order valence-corrected chi connectivity index (χ3v) is 6.00. The summed E-state index contributed by atoms with van der Waals surface area (Å²) in [5.74, 6) is 1.43. The molecule has 3 amide bonds. The molecule has 1 atom stereocenters. The van der Waals surface area contributed by atoms with Crippen molar-refractivity contribution in [2.45, 2.75) is 13.0 Å². The molecule has 1 saturated heterocycles. The van der Waals surface area contributed by atoms with Gasteiger partial charge >= 0.3 is 0 Å². The molecular formula is C24H24N2O7S. The second-order valence-corrected chi connectivity index (χ2v) is 8.33. The van der Waals surface area contributed by atoms with Crippen LogP contribution in [0.2, 0.25) is 0 Å². The van der Waals surface area contributed by atoms with Crippen LogP contribution < -0.4 is 24.3 Å². The number of carbonyl (C=O) groups is 3. The second kappa shape index (κ2) is 10.5. The Morgan fingerprint density at radius 1 is 1.21 bits per heavy atom. The molecule has 34 heavy (non-hydrogen) atoms. The number of nitrogens with one attached hydrogen (secondary N) is 1. The first-order chi connectivity index (χ1) is 16.5. The van der Waals surface area contributed by atoms with E-state index in [2.05, 4.69) is 5.32 Å². The molecule has 0 aliphatic carbocycles. The van der Waals surface area contributed by atoms with E-state index in [1.807, 2.05) is 13.0 Å². The van der Waals surface area contributed by atoms with Crippen LogP contribution in [0, 0.1) is 0 Å². The van der Waals surface area contributed by atoms with Crippen LogP contribution in [0.5, 0.6) is 23.0 Å². The number of thioether (sulfide) groups is 1. The summed E-state index contributed by atoms with van der Waals surface area (Å²) in [5.41, 5.74) is 0.703. The van der Waals surface area contributed by atoms with E-state index in [0.29, 0.717) is 40.1 Å². The van der Waals surface area contributed by atoms with Gasteiger partial charge in [0.2, 0.25) is 6.10 Å². The molecule has 2 heterocycles. The van der Waals surface area contributed by atoms with Gasteiger partial charge in [-0.1, -0.05) is 18.2 Å². The third kappa shape index (κ3) is 5.12. The fourth-order valence-electron chi connectivity index (χ4n) is 3.45. The van der Waals surface area contributed by atoms with E-state index >= 15 is 0 Å². The number of benzene rings is 2. The first kappa shape index (κ1) is 23.5. The van der Waals surface area contributed by atoms with Crippen LogP contribution in [-0.4, -0.2) is 61.5 Å². The highest BCUT2D eigenvalue weighted by Gasteiger charge is 2.35. The van der Waals surface area contributed by atoms with E-state index in [9.17, 15) is 14.4 Å². The maximum absolute atomic E-state index is 12.8. The minimum atomic E-state index is -0.806. The molecular weight excluding hydrogens is 460 g/mol. The molecule has 10 heteroatoms. The Labute approximate surface area is 201 Å². The average Bonchev–Trinajstić information content (AvgIpc) is 3.11. The van der Waals surface area contributed by atoms with Crippen molar-refractivity contribution in [3.8, 4) is 23.0 Å². The van der Waals surface area contributed by atoms with Crippen LogP contribution in [0.4, 0.5) is 4.79 Å². The smallest absolute Gasteiger partial charge is 0.293 e. The number of para-hydroxylation sites is 2. The number of fused-ring (bicyclic) bond motifs is 1. The molecule has 9 nitrogen and oxygen atoms in total. The zero-order valence-corrected chi connectivity index (χ0v) is 19.6. The first-order valence-electron chi connectivity index (χ1n) is 10.7. The third-order valence-electron chi connectivity index (χ3n) is 5.09. The monoisotopic (exact) mass is 484 g/mol. The van der Waals surface area contributed by atoms with Crippen LogP contribution in [-0.2, 0) is 9.59 Å². The topological polar surface area (TPSA) is 103 Å². The van der Waals surface area contributed by atoms with Gasteiger partial charge in [0.15, 0.2) is 23.0 Å². The van der Waals surface area contributed by atoms with Gasteiger partial charge in [-0.2, -0.15) is 0 Å². The van der Waals surface area contributed by atoms with Crippen LogP contribution in [0.15, 0.2) is 47.4 Å². The van der Waals surface area contributed by atoms with Gasteiger partial charge in [0.25, 0.3) is 17.1 Å². The van der Waals surface area contributed by atoms with E-state index in [-0.39, 0.29) is 25.6 Å². The number of amides is 3. The molecule has 0 spiro atoms. The number of hydrogen-bond donors (Lipinski definition) is 1. The Morgan fingerprint density at radius 2 is 2.00 bits per heavy atom. The van der Waals surface area contributed by atoms with Crippen LogP contribution in [0.25, 0.3) is 6.08 Å². The fourth-order valence-corrected chi connectivity index (χ4v) is 4.31. The summed E-state index contributed by atoms with van der Waals surface area (Å²) >= 11 is 0.853. The second-order valence-electron chi connectivity index (χ2n) is 7.33. The van der Waals surface area contributed by atoms with Crippen LogP contribution in [0.3, 0.4) is 0 Å². The summed E-state index contributed by atoms with van der Waals surface area (Å²) in [6.45, 7) is 2.60. The van der Waals surface area contributed by atoms with E-state index in [1.54, 1.807) is 42.5 Å². The van der Waals surface area contributed by atoms with Gasteiger partial charge in [0.05, 0.1) is 18.6 Å². The molecule has 0 bridgehead atoms. The van der Waals surface area contributed by atoms with Gasteiger partial charge in [-0.25, -0.2) is 0 Å². The number of nitrogens with zero attached hydrogens (tertiary/aromatic N) is 1. The first-order valence-corrected chi connectivity index (χ1v) is 11.5. The normalized spacial score (nSPS) is 18.2. The van der Waals surface area contributed by atoms with Crippen LogP contribution >= 0.6 is 11.8 Å². The molecule has 4 rings (SSSR count). The lowest BCUT2D eigenvalue weighted by Gasteiger charge is -2.25. The fraction of sp³-hybridized carbons (Fsp3) is 0.292.